The van der Waals surface area contributed by atoms with Crippen LogP contribution < -0.4 is 5.73 Å². The van der Waals surface area contributed by atoms with Crippen molar-refractivity contribution in [1.82, 2.24) is 14.6 Å². The lowest BCUT2D eigenvalue weighted by atomic mass is 10.3. The zero-order valence-corrected chi connectivity index (χ0v) is 9.56. The quantitative estimate of drug-likeness (QED) is 0.640. The molecule has 0 spiro atoms. The van der Waals surface area contributed by atoms with Crippen molar-refractivity contribution in [2.75, 3.05) is 5.73 Å². The van der Waals surface area contributed by atoms with Crippen LogP contribution in [0.1, 0.15) is 0 Å². The molecule has 0 amide bonds. The first-order valence-electron chi connectivity index (χ1n) is 5.29. The molecule has 0 atom stereocenters. The number of hydrogen-bond acceptors (Lipinski definition) is 5. The lowest BCUT2D eigenvalue weighted by molar-refractivity contribution is 1.12. The summed E-state index contributed by atoms with van der Waals surface area (Å²) in [4.78, 5) is 0. The van der Waals surface area contributed by atoms with Crippen LogP contribution in [0.3, 0.4) is 0 Å². The van der Waals surface area contributed by atoms with E-state index in [1.54, 1.807) is 16.5 Å². The molecule has 90 valence electrons. The van der Waals surface area contributed by atoms with Crippen molar-refractivity contribution >= 4 is 17.3 Å². The molecule has 0 fully saturated rings. The second-order valence-electron chi connectivity index (χ2n) is 3.43. The Morgan fingerprint density at radius 2 is 1.72 bits per heavy atom. The van der Waals surface area contributed by atoms with Crippen molar-refractivity contribution in [1.29, 1.82) is 5.53 Å². The topological polar surface area (TPSA) is 92.4 Å². The van der Waals surface area contributed by atoms with Gasteiger partial charge in [0, 0.05) is 6.20 Å². The molecule has 0 aliphatic rings. The smallest absolute Gasteiger partial charge is 0.226 e. The fourth-order valence-corrected chi connectivity index (χ4v) is 1.36. The normalized spacial score (nSPS) is 9.56. The Kier molecular flexibility index (Phi) is 3.60. The molecule has 3 N–H and O–H groups in total. The molecule has 2 heterocycles. The molecule has 0 radical (unpaired) electrons. The molecular weight excluding hydrogens is 228 g/mol. The van der Waals surface area contributed by atoms with E-state index in [-0.39, 0.29) is 0 Å². The predicted molar refractivity (Wildman–Crippen MR) is 68.6 cm³/mol. The maximum Gasteiger partial charge on any atom is 0.226 e. The van der Waals surface area contributed by atoms with Crippen LogP contribution in [0.2, 0.25) is 0 Å². The lowest BCUT2D eigenvalue weighted by Crippen LogP contribution is -1.92. The van der Waals surface area contributed by atoms with Crippen LogP contribution >= 0.6 is 0 Å². The van der Waals surface area contributed by atoms with Gasteiger partial charge in [0.05, 0.1) is 5.69 Å². The summed E-state index contributed by atoms with van der Waals surface area (Å²) in [6.45, 7) is 0. The van der Waals surface area contributed by atoms with Gasteiger partial charge in [-0.25, -0.2) is 5.53 Å². The SMILES string of the molecule is N=Nc1ccccc1.Nc1nnc2ccccn12. The molecule has 1 aromatic carbocycles. The second-order valence-corrected chi connectivity index (χ2v) is 3.43. The summed E-state index contributed by atoms with van der Waals surface area (Å²) >= 11 is 0. The number of fused-ring (bicyclic) bond motifs is 1. The van der Waals surface area contributed by atoms with Gasteiger partial charge in [0.15, 0.2) is 5.65 Å². The number of pyridine rings is 1. The van der Waals surface area contributed by atoms with E-state index < -0.39 is 0 Å². The molecule has 18 heavy (non-hydrogen) atoms. The van der Waals surface area contributed by atoms with Gasteiger partial charge in [-0.2, -0.15) is 5.11 Å². The van der Waals surface area contributed by atoms with Gasteiger partial charge in [0.1, 0.15) is 0 Å². The number of anilines is 1. The molecule has 0 aliphatic heterocycles. The van der Waals surface area contributed by atoms with Gasteiger partial charge in [-0.3, -0.25) is 4.40 Å². The molecule has 0 saturated heterocycles. The minimum absolute atomic E-state index is 0.426. The van der Waals surface area contributed by atoms with Crippen LogP contribution in [-0.4, -0.2) is 14.6 Å². The standard InChI is InChI=1S/C6H6N4.C6H6N2/c7-6-9-8-5-3-1-2-4-10(5)6;7-8-6-4-2-1-3-5-6/h1-4H,(H2,7,9);1-5,7H. The number of nitrogens with zero attached hydrogens (tertiary/aromatic N) is 4. The summed E-state index contributed by atoms with van der Waals surface area (Å²) in [5.41, 5.74) is 13.5. The number of para-hydroxylation sites is 1. The monoisotopic (exact) mass is 240 g/mol. The number of nitrogens with one attached hydrogen (secondary N) is 1. The Balaban J connectivity index is 0.000000138. The highest BCUT2D eigenvalue weighted by Gasteiger charge is 1.96. The Bertz CT molecular complexity index is 631. The Morgan fingerprint density at radius 3 is 2.33 bits per heavy atom. The van der Waals surface area contributed by atoms with Crippen molar-refractivity contribution in [3.05, 3.63) is 54.7 Å². The number of nitrogens with two attached hydrogens (primary N) is 1. The van der Waals surface area contributed by atoms with Gasteiger partial charge in [0.2, 0.25) is 5.95 Å². The summed E-state index contributed by atoms with van der Waals surface area (Å²) in [7, 11) is 0. The van der Waals surface area contributed by atoms with Gasteiger partial charge < -0.3 is 5.73 Å². The molecule has 3 aromatic rings. The summed E-state index contributed by atoms with van der Waals surface area (Å²) in [5, 5.41) is 10.7. The van der Waals surface area contributed by atoms with Crippen LogP contribution in [0.4, 0.5) is 11.6 Å². The first-order valence-corrected chi connectivity index (χ1v) is 5.29. The number of benzene rings is 1. The van der Waals surface area contributed by atoms with Crippen LogP contribution in [-0.2, 0) is 0 Å². The summed E-state index contributed by atoms with van der Waals surface area (Å²) in [5.74, 6) is 0.426. The molecule has 6 nitrogen and oxygen atoms in total. The molecule has 3 rings (SSSR count). The van der Waals surface area contributed by atoms with E-state index in [1.165, 1.54) is 0 Å². The van der Waals surface area contributed by atoms with Gasteiger partial charge >= 0.3 is 0 Å². The maximum absolute atomic E-state index is 6.57. The first kappa shape index (κ1) is 11.7. The summed E-state index contributed by atoms with van der Waals surface area (Å²) < 4.78 is 1.72. The van der Waals surface area contributed by atoms with Crippen LogP contribution in [0.25, 0.3) is 5.65 Å². The second kappa shape index (κ2) is 5.53. The van der Waals surface area contributed by atoms with Crippen molar-refractivity contribution in [3.8, 4) is 0 Å². The lowest BCUT2D eigenvalue weighted by Gasteiger charge is -1.89. The van der Waals surface area contributed by atoms with Gasteiger partial charge in [0.25, 0.3) is 0 Å². The van der Waals surface area contributed by atoms with Crippen LogP contribution in [0.15, 0.2) is 59.8 Å². The largest absolute Gasteiger partial charge is 0.368 e. The molecular formula is C12H12N6. The van der Waals surface area contributed by atoms with Crippen molar-refractivity contribution in [2.45, 2.75) is 0 Å². The Hall–Kier alpha value is -2.76. The van der Waals surface area contributed by atoms with Gasteiger partial charge in [-0.05, 0) is 24.3 Å². The fraction of sp³-hybridized carbons (Fsp3) is 0. The minimum Gasteiger partial charge on any atom is -0.368 e. The average Bonchev–Trinajstić information content (AvgIpc) is 2.83. The average molecular weight is 240 g/mol. The number of aromatic nitrogens is 3. The van der Waals surface area contributed by atoms with Crippen molar-refractivity contribution < 1.29 is 0 Å². The molecule has 0 aliphatic carbocycles. The molecule has 0 unspecified atom stereocenters. The zero-order valence-electron chi connectivity index (χ0n) is 9.56. The third-order valence-electron chi connectivity index (χ3n) is 2.23. The van der Waals surface area contributed by atoms with Crippen molar-refractivity contribution in [3.63, 3.8) is 0 Å². The van der Waals surface area contributed by atoms with E-state index in [2.05, 4.69) is 15.3 Å². The zero-order chi connectivity index (χ0) is 12.8. The Labute approximate surface area is 104 Å². The van der Waals surface area contributed by atoms with Crippen molar-refractivity contribution in [2.24, 2.45) is 5.11 Å². The Morgan fingerprint density at radius 1 is 1.00 bits per heavy atom. The van der Waals surface area contributed by atoms with Gasteiger partial charge in [-0.1, -0.05) is 24.3 Å². The van der Waals surface area contributed by atoms with E-state index in [9.17, 15) is 0 Å². The minimum atomic E-state index is 0.426. The third kappa shape index (κ3) is 2.67. The van der Waals surface area contributed by atoms with E-state index >= 15 is 0 Å². The number of nitrogen functional groups attached to an aromatic ring is 1. The van der Waals surface area contributed by atoms with E-state index in [1.807, 2.05) is 42.6 Å². The highest BCUT2D eigenvalue weighted by atomic mass is 15.3. The molecule has 0 bridgehead atoms. The number of hydrogen-bond donors (Lipinski definition) is 2. The van der Waals surface area contributed by atoms with E-state index in [4.69, 9.17) is 11.3 Å². The summed E-state index contributed by atoms with van der Waals surface area (Å²) in [6.07, 6.45) is 1.82. The first-order chi connectivity index (χ1) is 8.81. The van der Waals surface area contributed by atoms with Crippen LogP contribution in [0, 0.1) is 5.53 Å². The number of rotatable bonds is 1. The van der Waals surface area contributed by atoms with E-state index in [0.29, 0.717) is 11.6 Å². The highest BCUT2D eigenvalue weighted by Crippen LogP contribution is 2.07. The van der Waals surface area contributed by atoms with E-state index in [0.717, 1.165) is 5.65 Å². The van der Waals surface area contributed by atoms with Gasteiger partial charge in [-0.15, -0.1) is 10.2 Å². The fourth-order valence-electron chi connectivity index (χ4n) is 1.36. The summed E-state index contributed by atoms with van der Waals surface area (Å²) in [6, 6.07) is 14.8. The highest BCUT2D eigenvalue weighted by molar-refractivity contribution is 5.42. The predicted octanol–water partition coefficient (Wildman–Crippen LogP) is 2.66. The maximum atomic E-state index is 6.57. The molecule has 2 aromatic heterocycles. The third-order valence-corrected chi connectivity index (χ3v) is 2.23. The molecule has 6 heteroatoms. The molecule has 0 saturated carbocycles. The van der Waals surface area contributed by atoms with Crippen LogP contribution in [0.5, 0.6) is 0 Å².